The largest absolute Gasteiger partial charge is 0.348 e. The van der Waals surface area contributed by atoms with Crippen LogP contribution in [0.3, 0.4) is 0 Å². The average molecular weight is 238 g/mol. The van der Waals surface area contributed by atoms with Crippen LogP contribution in [-0.2, 0) is 0 Å². The summed E-state index contributed by atoms with van der Waals surface area (Å²) in [7, 11) is 2.09. The Bertz CT molecular complexity index is 356. The molecule has 1 fully saturated rings. The summed E-state index contributed by atoms with van der Waals surface area (Å²) in [4.78, 5) is 17.9. The lowest BCUT2D eigenvalue weighted by Gasteiger charge is -2.33. The first kappa shape index (κ1) is 11.6. The van der Waals surface area contributed by atoms with Gasteiger partial charge in [0.25, 0.3) is 0 Å². The SMILES string of the molecule is CC1CCC(N(C)c2ncc(C=O)s2)CC1. The molecule has 0 aromatic carbocycles. The first-order chi connectivity index (χ1) is 7.70. The molecule has 88 valence electrons. The summed E-state index contributed by atoms with van der Waals surface area (Å²) in [5.41, 5.74) is 0. The van der Waals surface area contributed by atoms with Crippen LogP contribution in [0.5, 0.6) is 0 Å². The number of aromatic nitrogens is 1. The van der Waals surface area contributed by atoms with Gasteiger partial charge < -0.3 is 4.90 Å². The van der Waals surface area contributed by atoms with E-state index in [-0.39, 0.29) is 0 Å². The number of aldehydes is 1. The zero-order valence-corrected chi connectivity index (χ0v) is 10.7. The van der Waals surface area contributed by atoms with Gasteiger partial charge in [-0.2, -0.15) is 0 Å². The summed E-state index contributed by atoms with van der Waals surface area (Å²) in [6.07, 6.45) is 7.64. The molecular weight excluding hydrogens is 220 g/mol. The number of carbonyl (C=O) groups is 1. The van der Waals surface area contributed by atoms with E-state index in [0.717, 1.165) is 17.3 Å². The fraction of sp³-hybridized carbons (Fsp3) is 0.667. The first-order valence-electron chi connectivity index (χ1n) is 5.84. The van der Waals surface area contributed by atoms with Gasteiger partial charge >= 0.3 is 0 Å². The van der Waals surface area contributed by atoms with Gasteiger partial charge in [-0.15, -0.1) is 0 Å². The minimum Gasteiger partial charge on any atom is -0.348 e. The Kier molecular flexibility index (Phi) is 3.59. The van der Waals surface area contributed by atoms with Crippen LogP contribution in [0.2, 0.25) is 0 Å². The Morgan fingerprint density at radius 2 is 2.12 bits per heavy atom. The van der Waals surface area contributed by atoms with E-state index in [1.807, 2.05) is 0 Å². The van der Waals surface area contributed by atoms with Gasteiger partial charge in [-0.1, -0.05) is 18.3 Å². The van der Waals surface area contributed by atoms with Crippen molar-refractivity contribution < 1.29 is 4.79 Å². The summed E-state index contributed by atoms with van der Waals surface area (Å²) in [5.74, 6) is 0.867. The molecule has 0 spiro atoms. The molecule has 0 unspecified atom stereocenters. The van der Waals surface area contributed by atoms with Crippen molar-refractivity contribution in [2.45, 2.75) is 38.6 Å². The molecule has 0 N–H and O–H groups in total. The van der Waals surface area contributed by atoms with Gasteiger partial charge in [-0.3, -0.25) is 4.79 Å². The Morgan fingerprint density at radius 3 is 2.69 bits per heavy atom. The highest BCUT2D eigenvalue weighted by molar-refractivity contribution is 7.17. The Balaban J connectivity index is 2.01. The van der Waals surface area contributed by atoms with E-state index in [9.17, 15) is 4.79 Å². The number of hydrogen-bond donors (Lipinski definition) is 0. The number of anilines is 1. The van der Waals surface area contributed by atoms with Crippen molar-refractivity contribution in [3.8, 4) is 0 Å². The van der Waals surface area contributed by atoms with E-state index in [0.29, 0.717) is 10.9 Å². The lowest BCUT2D eigenvalue weighted by molar-refractivity contribution is 0.112. The maximum atomic E-state index is 10.6. The normalized spacial score (nSPS) is 25.4. The molecule has 0 radical (unpaired) electrons. The third-order valence-corrected chi connectivity index (χ3v) is 4.48. The van der Waals surface area contributed by atoms with E-state index in [1.165, 1.54) is 37.0 Å². The van der Waals surface area contributed by atoms with Crippen molar-refractivity contribution in [2.75, 3.05) is 11.9 Å². The Labute approximate surface area is 100 Å². The minimum absolute atomic E-state index is 0.599. The summed E-state index contributed by atoms with van der Waals surface area (Å²) < 4.78 is 0. The van der Waals surface area contributed by atoms with Crippen molar-refractivity contribution in [1.82, 2.24) is 4.98 Å². The molecule has 3 nitrogen and oxygen atoms in total. The van der Waals surface area contributed by atoms with Gasteiger partial charge in [-0.05, 0) is 31.6 Å². The highest BCUT2D eigenvalue weighted by Gasteiger charge is 2.23. The summed E-state index contributed by atoms with van der Waals surface area (Å²) in [5, 5.41) is 0.974. The Morgan fingerprint density at radius 1 is 1.44 bits per heavy atom. The number of nitrogens with zero attached hydrogens (tertiary/aromatic N) is 2. The van der Waals surface area contributed by atoms with E-state index < -0.39 is 0 Å². The van der Waals surface area contributed by atoms with Gasteiger partial charge in [0.2, 0.25) is 0 Å². The molecule has 0 amide bonds. The number of carbonyl (C=O) groups excluding carboxylic acids is 1. The second-order valence-corrected chi connectivity index (χ2v) is 5.73. The molecule has 0 aliphatic heterocycles. The molecular formula is C12H18N2OS. The number of hydrogen-bond acceptors (Lipinski definition) is 4. The minimum atomic E-state index is 0.599. The molecule has 1 heterocycles. The van der Waals surface area contributed by atoms with Gasteiger partial charge in [-0.25, -0.2) is 4.98 Å². The van der Waals surface area contributed by atoms with Crippen molar-refractivity contribution in [3.05, 3.63) is 11.1 Å². The molecule has 2 rings (SSSR count). The predicted octanol–water partition coefficient (Wildman–Crippen LogP) is 2.97. The van der Waals surface area contributed by atoms with Crippen LogP contribution in [0.15, 0.2) is 6.20 Å². The van der Waals surface area contributed by atoms with Gasteiger partial charge in [0.15, 0.2) is 11.4 Å². The number of rotatable bonds is 3. The number of thiazole rings is 1. The van der Waals surface area contributed by atoms with E-state index in [2.05, 4.69) is 23.9 Å². The van der Waals surface area contributed by atoms with Crippen LogP contribution in [0.25, 0.3) is 0 Å². The highest BCUT2D eigenvalue weighted by Crippen LogP contribution is 2.30. The van der Waals surface area contributed by atoms with Crippen molar-refractivity contribution >= 4 is 22.8 Å². The molecule has 1 aromatic heterocycles. The lowest BCUT2D eigenvalue weighted by atomic mass is 9.87. The molecule has 16 heavy (non-hydrogen) atoms. The zero-order chi connectivity index (χ0) is 11.5. The van der Waals surface area contributed by atoms with Crippen LogP contribution >= 0.6 is 11.3 Å². The van der Waals surface area contributed by atoms with Gasteiger partial charge in [0.05, 0.1) is 11.1 Å². The molecule has 1 saturated carbocycles. The molecule has 1 aromatic rings. The van der Waals surface area contributed by atoms with Crippen LogP contribution in [0.4, 0.5) is 5.13 Å². The van der Waals surface area contributed by atoms with E-state index >= 15 is 0 Å². The second-order valence-electron chi connectivity index (χ2n) is 4.69. The molecule has 1 aliphatic rings. The van der Waals surface area contributed by atoms with Crippen molar-refractivity contribution in [1.29, 1.82) is 0 Å². The third-order valence-electron chi connectivity index (χ3n) is 3.46. The quantitative estimate of drug-likeness (QED) is 0.759. The maximum absolute atomic E-state index is 10.6. The van der Waals surface area contributed by atoms with Gasteiger partial charge in [0.1, 0.15) is 0 Å². The standard InChI is InChI=1S/C12H18N2OS/c1-9-3-5-10(6-4-9)14(2)12-13-7-11(8-15)16-12/h7-10H,3-6H2,1-2H3. The topological polar surface area (TPSA) is 33.2 Å². The van der Waals surface area contributed by atoms with Crippen molar-refractivity contribution in [2.24, 2.45) is 5.92 Å². The molecule has 0 bridgehead atoms. The summed E-state index contributed by atoms with van der Waals surface area (Å²) in [6.45, 7) is 2.32. The van der Waals surface area contributed by atoms with Crippen LogP contribution in [0.1, 0.15) is 42.3 Å². The average Bonchev–Trinajstić information content (AvgIpc) is 2.77. The molecule has 1 aliphatic carbocycles. The molecule has 4 heteroatoms. The second kappa shape index (κ2) is 4.95. The first-order valence-corrected chi connectivity index (χ1v) is 6.66. The summed E-state index contributed by atoms with van der Waals surface area (Å²) >= 11 is 1.48. The smallest absolute Gasteiger partial charge is 0.185 e. The van der Waals surface area contributed by atoms with E-state index in [4.69, 9.17) is 0 Å². The van der Waals surface area contributed by atoms with E-state index in [1.54, 1.807) is 6.20 Å². The van der Waals surface area contributed by atoms with Gasteiger partial charge in [0, 0.05) is 13.1 Å². The Hall–Kier alpha value is -0.900. The van der Waals surface area contributed by atoms with Crippen molar-refractivity contribution in [3.63, 3.8) is 0 Å². The fourth-order valence-electron chi connectivity index (χ4n) is 2.28. The van der Waals surface area contributed by atoms with Crippen LogP contribution < -0.4 is 4.90 Å². The molecule has 0 atom stereocenters. The fourth-order valence-corrected chi connectivity index (χ4v) is 3.04. The lowest BCUT2D eigenvalue weighted by Crippen LogP contribution is -2.34. The third kappa shape index (κ3) is 2.43. The maximum Gasteiger partial charge on any atom is 0.185 e. The zero-order valence-electron chi connectivity index (χ0n) is 9.85. The van der Waals surface area contributed by atoms with Crippen LogP contribution in [-0.4, -0.2) is 24.4 Å². The molecule has 0 saturated heterocycles. The monoisotopic (exact) mass is 238 g/mol. The predicted molar refractivity (Wildman–Crippen MR) is 67.3 cm³/mol. The van der Waals surface area contributed by atoms with Crippen LogP contribution in [0, 0.1) is 5.92 Å². The highest BCUT2D eigenvalue weighted by atomic mass is 32.1. The summed E-state index contributed by atoms with van der Waals surface area (Å²) in [6, 6.07) is 0.599.